The van der Waals surface area contributed by atoms with Crippen LogP contribution in [0.1, 0.15) is 5.56 Å². The van der Waals surface area contributed by atoms with Crippen molar-refractivity contribution in [2.24, 2.45) is 0 Å². The van der Waals surface area contributed by atoms with Gasteiger partial charge in [0.2, 0.25) is 15.9 Å². The fraction of sp³-hybridized carbons (Fsp3) is 0.304. The Hall–Kier alpha value is -3.53. The van der Waals surface area contributed by atoms with Crippen LogP contribution in [0.2, 0.25) is 0 Å². The van der Waals surface area contributed by atoms with Crippen molar-refractivity contribution < 1.29 is 18.0 Å². The molecular formula is C23H27N5O4S. The summed E-state index contributed by atoms with van der Waals surface area (Å²) in [5.41, 5.74) is 3.19. The highest BCUT2D eigenvalue weighted by atomic mass is 32.2. The number of para-hydroxylation sites is 1. The van der Waals surface area contributed by atoms with E-state index in [1.165, 1.54) is 9.21 Å². The van der Waals surface area contributed by atoms with Gasteiger partial charge in [-0.2, -0.15) is 0 Å². The lowest BCUT2D eigenvalue weighted by Gasteiger charge is -2.19. The second-order valence-electron chi connectivity index (χ2n) is 8.15. The molecule has 1 aromatic heterocycles. The lowest BCUT2D eigenvalue weighted by atomic mass is 10.2. The van der Waals surface area contributed by atoms with Crippen LogP contribution in [0, 0.1) is 0 Å². The molecule has 4 rings (SSSR count). The third-order valence-corrected chi connectivity index (χ3v) is 7.43. The number of hydrogen-bond acceptors (Lipinski definition) is 4. The van der Waals surface area contributed by atoms with E-state index >= 15 is 0 Å². The minimum atomic E-state index is -3.53. The van der Waals surface area contributed by atoms with Gasteiger partial charge in [0.15, 0.2) is 0 Å². The van der Waals surface area contributed by atoms with Crippen LogP contribution in [0.4, 0.5) is 16.2 Å². The van der Waals surface area contributed by atoms with Crippen LogP contribution in [0.15, 0.2) is 54.7 Å². The first-order valence-electron chi connectivity index (χ1n) is 10.7. The summed E-state index contributed by atoms with van der Waals surface area (Å²) >= 11 is 0. The van der Waals surface area contributed by atoms with Gasteiger partial charge in [0.05, 0.1) is 11.4 Å². The molecule has 2 heterocycles. The fourth-order valence-electron chi connectivity index (χ4n) is 3.88. The topological polar surface area (TPSA) is 104 Å². The third-order valence-electron chi connectivity index (χ3n) is 5.66. The van der Waals surface area contributed by atoms with Crippen molar-refractivity contribution in [3.05, 3.63) is 60.3 Å². The molecule has 0 saturated heterocycles. The first-order chi connectivity index (χ1) is 15.7. The summed E-state index contributed by atoms with van der Waals surface area (Å²) in [5, 5.41) is 6.23. The molecule has 3 aromatic rings. The number of fused-ring (bicyclic) bond motifs is 2. The van der Waals surface area contributed by atoms with Crippen molar-refractivity contribution in [1.82, 2.24) is 14.8 Å². The molecule has 9 nitrogen and oxygen atoms in total. The Labute approximate surface area is 193 Å². The second-order valence-corrected chi connectivity index (χ2v) is 10.2. The number of urea groups is 1. The van der Waals surface area contributed by atoms with Crippen LogP contribution in [0.3, 0.4) is 0 Å². The zero-order valence-electron chi connectivity index (χ0n) is 18.6. The summed E-state index contributed by atoms with van der Waals surface area (Å²) in [5.74, 6) is -0.197. The van der Waals surface area contributed by atoms with Gasteiger partial charge in [0, 0.05) is 50.0 Å². The van der Waals surface area contributed by atoms with Crippen molar-refractivity contribution in [3.63, 3.8) is 0 Å². The number of amides is 3. The summed E-state index contributed by atoms with van der Waals surface area (Å²) in [6, 6.07) is 14.3. The van der Waals surface area contributed by atoms with Crippen LogP contribution in [0.5, 0.6) is 0 Å². The SMILES string of the molecule is CN(C)C(=O)Cn1ccc2cc(NC(=O)NCCS(=O)(=O)N3CCc4ccccc43)ccc21. The lowest BCUT2D eigenvalue weighted by Crippen LogP contribution is -2.38. The number of carbonyl (C=O) groups excluding carboxylic acids is 2. The minimum absolute atomic E-state index is 0.00188. The molecule has 1 aliphatic heterocycles. The van der Waals surface area contributed by atoms with E-state index in [0.29, 0.717) is 18.7 Å². The van der Waals surface area contributed by atoms with Gasteiger partial charge in [-0.1, -0.05) is 18.2 Å². The molecule has 0 bridgehead atoms. The normalized spacial score (nSPS) is 13.1. The third kappa shape index (κ3) is 4.95. The van der Waals surface area contributed by atoms with Gasteiger partial charge in [-0.3, -0.25) is 9.10 Å². The summed E-state index contributed by atoms with van der Waals surface area (Å²) in [7, 11) is -0.103. The first kappa shape index (κ1) is 22.7. The van der Waals surface area contributed by atoms with Crippen molar-refractivity contribution >= 4 is 44.2 Å². The van der Waals surface area contributed by atoms with E-state index < -0.39 is 16.1 Å². The maximum atomic E-state index is 12.7. The molecule has 33 heavy (non-hydrogen) atoms. The fourth-order valence-corrected chi connectivity index (χ4v) is 5.31. The monoisotopic (exact) mass is 469 g/mol. The predicted molar refractivity (Wildman–Crippen MR) is 129 cm³/mol. The maximum Gasteiger partial charge on any atom is 0.319 e. The smallest absolute Gasteiger partial charge is 0.319 e. The molecule has 0 radical (unpaired) electrons. The van der Waals surface area contributed by atoms with Crippen molar-refractivity contribution in [1.29, 1.82) is 0 Å². The Morgan fingerprint density at radius 2 is 1.88 bits per heavy atom. The van der Waals surface area contributed by atoms with E-state index in [-0.39, 0.29) is 24.7 Å². The first-order valence-corrected chi connectivity index (χ1v) is 12.3. The molecule has 2 N–H and O–H groups in total. The summed E-state index contributed by atoms with van der Waals surface area (Å²) in [4.78, 5) is 25.8. The maximum absolute atomic E-state index is 12.7. The Morgan fingerprint density at radius 1 is 1.09 bits per heavy atom. The van der Waals surface area contributed by atoms with Gasteiger partial charge in [-0.15, -0.1) is 0 Å². The number of rotatable bonds is 7. The largest absolute Gasteiger partial charge is 0.347 e. The summed E-state index contributed by atoms with van der Waals surface area (Å²) in [6.45, 7) is 0.658. The Kier molecular flexibility index (Phi) is 6.28. The number of aromatic nitrogens is 1. The molecule has 174 valence electrons. The number of benzene rings is 2. The molecule has 10 heteroatoms. The van der Waals surface area contributed by atoms with Crippen LogP contribution < -0.4 is 14.9 Å². The highest BCUT2D eigenvalue weighted by Crippen LogP contribution is 2.29. The molecule has 3 amide bonds. The highest BCUT2D eigenvalue weighted by Gasteiger charge is 2.28. The van der Waals surface area contributed by atoms with Gasteiger partial charge in [-0.25, -0.2) is 13.2 Å². The van der Waals surface area contributed by atoms with Crippen molar-refractivity contribution in [2.75, 3.05) is 42.6 Å². The average Bonchev–Trinajstić information content (AvgIpc) is 3.38. The van der Waals surface area contributed by atoms with Crippen LogP contribution in [0.25, 0.3) is 10.9 Å². The second kappa shape index (κ2) is 9.14. The lowest BCUT2D eigenvalue weighted by molar-refractivity contribution is -0.129. The van der Waals surface area contributed by atoms with Crippen LogP contribution >= 0.6 is 0 Å². The minimum Gasteiger partial charge on any atom is -0.347 e. The number of hydrogen-bond donors (Lipinski definition) is 2. The van der Waals surface area contributed by atoms with Crippen molar-refractivity contribution in [3.8, 4) is 0 Å². The van der Waals surface area contributed by atoms with Crippen LogP contribution in [-0.4, -0.2) is 62.8 Å². The molecule has 0 saturated carbocycles. The van der Waals surface area contributed by atoms with Crippen LogP contribution in [-0.2, 0) is 27.8 Å². The van der Waals surface area contributed by atoms with E-state index in [2.05, 4.69) is 10.6 Å². The van der Waals surface area contributed by atoms with Gasteiger partial charge >= 0.3 is 6.03 Å². The van der Waals surface area contributed by atoms with E-state index in [1.54, 1.807) is 26.2 Å². The number of sulfonamides is 1. The molecule has 2 aromatic carbocycles. The summed E-state index contributed by atoms with van der Waals surface area (Å²) < 4.78 is 28.7. The predicted octanol–water partition coefficient (Wildman–Crippen LogP) is 2.24. The molecular weight excluding hydrogens is 442 g/mol. The molecule has 1 aliphatic rings. The Bertz CT molecular complexity index is 1300. The standard InChI is InChI=1S/C23H27N5O4S/c1-26(2)22(29)16-27-12-9-18-15-19(7-8-20(18)27)25-23(30)24-11-14-33(31,32)28-13-10-17-5-3-4-6-21(17)28/h3-9,12,15H,10-11,13-14,16H2,1-2H3,(H2,24,25,30). The van der Waals surface area contributed by atoms with Gasteiger partial charge in [0.1, 0.15) is 6.54 Å². The van der Waals surface area contributed by atoms with E-state index in [0.717, 1.165) is 22.2 Å². The Balaban J connectivity index is 1.32. The van der Waals surface area contributed by atoms with E-state index in [4.69, 9.17) is 0 Å². The quantitative estimate of drug-likeness (QED) is 0.554. The summed E-state index contributed by atoms with van der Waals surface area (Å²) in [6.07, 6.45) is 2.52. The zero-order valence-corrected chi connectivity index (χ0v) is 19.4. The highest BCUT2D eigenvalue weighted by molar-refractivity contribution is 7.92. The molecule has 0 fully saturated rings. The number of carbonyl (C=O) groups is 2. The molecule has 0 atom stereocenters. The van der Waals surface area contributed by atoms with E-state index in [1.807, 2.05) is 47.2 Å². The van der Waals surface area contributed by atoms with Gasteiger partial charge in [-0.05, 0) is 42.3 Å². The van der Waals surface area contributed by atoms with E-state index in [9.17, 15) is 18.0 Å². The number of nitrogens with one attached hydrogen (secondary N) is 2. The van der Waals surface area contributed by atoms with Gasteiger partial charge in [0.25, 0.3) is 0 Å². The molecule has 0 aliphatic carbocycles. The molecule has 0 spiro atoms. The molecule has 0 unspecified atom stereocenters. The van der Waals surface area contributed by atoms with Crippen molar-refractivity contribution in [2.45, 2.75) is 13.0 Å². The van der Waals surface area contributed by atoms with Gasteiger partial charge < -0.3 is 20.1 Å². The number of nitrogens with zero attached hydrogens (tertiary/aromatic N) is 3. The Morgan fingerprint density at radius 3 is 2.67 bits per heavy atom. The zero-order chi connectivity index (χ0) is 23.6. The number of anilines is 2. The average molecular weight is 470 g/mol. The number of likely N-dealkylation sites (N-methyl/N-ethyl adjacent to an activating group) is 1.